The van der Waals surface area contributed by atoms with E-state index in [-0.39, 0.29) is 5.92 Å². The van der Waals surface area contributed by atoms with E-state index in [9.17, 15) is 9.59 Å². The van der Waals surface area contributed by atoms with Crippen molar-refractivity contribution in [2.24, 2.45) is 11.8 Å². The molecule has 0 spiro atoms. The lowest BCUT2D eigenvalue weighted by molar-refractivity contribution is -0.122. The quantitative estimate of drug-likeness (QED) is 0.836. The first-order chi connectivity index (χ1) is 10.0. The Morgan fingerprint density at radius 1 is 0.714 bits per heavy atom. The average Bonchev–Trinajstić information content (AvgIpc) is 2.96. The first kappa shape index (κ1) is 18.3. The van der Waals surface area contributed by atoms with Crippen LogP contribution in [0.3, 0.4) is 0 Å². The Bertz CT molecular complexity index is 344. The van der Waals surface area contributed by atoms with Crippen molar-refractivity contribution in [3.63, 3.8) is 0 Å². The third-order valence-electron chi connectivity index (χ3n) is 5.07. The van der Waals surface area contributed by atoms with Gasteiger partial charge in [-0.3, -0.25) is 9.59 Å². The Morgan fingerprint density at radius 3 is 1.48 bits per heavy atom. The van der Waals surface area contributed by atoms with Crippen LogP contribution in [0.1, 0.15) is 58.8 Å². The summed E-state index contributed by atoms with van der Waals surface area (Å²) in [5, 5.41) is 6.39. The van der Waals surface area contributed by atoms with Gasteiger partial charge >= 0.3 is 0 Å². The lowest BCUT2D eigenvalue weighted by Crippen LogP contribution is -2.39. The molecule has 2 fully saturated rings. The second kappa shape index (κ2) is 9.31. The Labute approximate surface area is 129 Å². The van der Waals surface area contributed by atoms with Crippen LogP contribution < -0.4 is 10.6 Å². The van der Waals surface area contributed by atoms with E-state index in [0.29, 0.717) is 29.6 Å². The highest BCUT2D eigenvalue weighted by molar-refractivity contribution is 5.79. The third kappa shape index (κ3) is 5.51. The van der Waals surface area contributed by atoms with E-state index in [0.717, 1.165) is 12.8 Å². The minimum Gasteiger partial charge on any atom is -0.316 e. The summed E-state index contributed by atoms with van der Waals surface area (Å²) in [5.41, 5.74) is 0. The minimum absolute atomic E-state index is 0.286. The number of rotatable bonds is 4. The molecule has 0 aliphatic heterocycles. The van der Waals surface area contributed by atoms with Gasteiger partial charge in [0.25, 0.3) is 0 Å². The first-order valence-corrected chi connectivity index (χ1v) is 8.36. The molecule has 2 rings (SSSR count). The molecule has 21 heavy (non-hydrogen) atoms. The molecular weight excluding hydrogens is 264 g/mol. The fourth-order valence-electron chi connectivity index (χ4n) is 3.76. The number of hydrogen-bond acceptors (Lipinski definition) is 4. The van der Waals surface area contributed by atoms with Gasteiger partial charge in [0.05, 0.1) is 0 Å². The second-order valence-corrected chi connectivity index (χ2v) is 6.44. The van der Waals surface area contributed by atoms with E-state index >= 15 is 0 Å². The maximum Gasteiger partial charge on any atom is 0.134 e. The standard InChI is InChI=1S/C9H17NO.C8H15NO/c1-7(11)8-5-3-4-6-9(8)10-2;1-6(10)7-4-3-5-8(7)9-2/h8-10H,3-6H2,1-2H3;7-9H,3-5H2,1-2H3. The highest BCUT2D eigenvalue weighted by atomic mass is 16.1. The highest BCUT2D eigenvalue weighted by Crippen LogP contribution is 2.26. The first-order valence-electron chi connectivity index (χ1n) is 8.36. The van der Waals surface area contributed by atoms with Crippen LogP contribution in [0, 0.1) is 11.8 Å². The molecule has 0 aromatic heterocycles. The van der Waals surface area contributed by atoms with Crippen molar-refractivity contribution in [1.29, 1.82) is 0 Å². The molecule has 122 valence electrons. The summed E-state index contributed by atoms with van der Waals surface area (Å²) in [6.07, 6.45) is 8.20. The van der Waals surface area contributed by atoms with Gasteiger partial charge in [-0.2, -0.15) is 0 Å². The molecule has 0 aromatic rings. The normalized spacial score (nSPS) is 32.2. The van der Waals surface area contributed by atoms with E-state index in [1.807, 2.05) is 14.1 Å². The summed E-state index contributed by atoms with van der Waals surface area (Å²) in [6, 6.07) is 0.902. The molecule has 0 aromatic carbocycles. The monoisotopic (exact) mass is 296 g/mol. The van der Waals surface area contributed by atoms with E-state index < -0.39 is 0 Å². The van der Waals surface area contributed by atoms with Crippen molar-refractivity contribution in [3.05, 3.63) is 0 Å². The van der Waals surface area contributed by atoms with Gasteiger partial charge in [0.2, 0.25) is 0 Å². The topological polar surface area (TPSA) is 58.2 Å². The maximum atomic E-state index is 11.1. The van der Waals surface area contributed by atoms with Crippen LogP contribution in [0.25, 0.3) is 0 Å². The van der Waals surface area contributed by atoms with Crippen LogP contribution in [-0.2, 0) is 9.59 Å². The number of ketones is 2. The highest BCUT2D eigenvalue weighted by Gasteiger charge is 2.29. The van der Waals surface area contributed by atoms with Gasteiger partial charge in [-0.15, -0.1) is 0 Å². The maximum absolute atomic E-state index is 11.1. The van der Waals surface area contributed by atoms with Crippen molar-refractivity contribution >= 4 is 11.6 Å². The zero-order chi connectivity index (χ0) is 15.8. The fraction of sp³-hybridized carbons (Fsp3) is 0.882. The van der Waals surface area contributed by atoms with Crippen LogP contribution in [-0.4, -0.2) is 37.7 Å². The second-order valence-electron chi connectivity index (χ2n) is 6.44. The molecular formula is C17H32N2O2. The molecule has 4 heteroatoms. The van der Waals surface area contributed by atoms with Crippen molar-refractivity contribution in [2.45, 2.75) is 70.9 Å². The molecule has 2 saturated carbocycles. The van der Waals surface area contributed by atoms with Crippen LogP contribution in [0.2, 0.25) is 0 Å². The minimum atomic E-state index is 0.286. The van der Waals surface area contributed by atoms with Crippen molar-refractivity contribution in [3.8, 4) is 0 Å². The van der Waals surface area contributed by atoms with Gasteiger partial charge in [-0.05, 0) is 53.6 Å². The molecule has 4 unspecified atom stereocenters. The smallest absolute Gasteiger partial charge is 0.134 e. The molecule has 2 aliphatic rings. The number of carbonyl (C=O) groups is 2. The summed E-state index contributed by atoms with van der Waals surface area (Å²) >= 11 is 0. The molecule has 0 heterocycles. The Morgan fingerprint density at radius 2 is 1.10 bits per heavy atom. The molecule has 0 bridgehead atoms. The molecule has 0 saturated heterocycles. The largest absolute Gasteiger partial charge is 0.316 e. The van der Waals surface area contributed by atoms with E-state index in [1.165, 1.54) is 32.1 Å². The van der Waals surface area contributed by atoms with E-state index in [4.69, 9.17) is 0 Å². The van der Waals surface area contributed by atoms with Crippen molar-refractivity contribution in [2.75, 3.05) is 14.1 Å². The molecule has 0 radical (unpaired) electrons. The lowest BCUT2D eigenvalue weighted by atomic mass is 9.82. The Balaban J connectivity index is 0.000000211. The van der Waals surface area contributed by atoms with Crippen LogP contribution in [0.5, 0.6) is 0 Å². The predicted molar refractivity (Wildman–Crippen MR) is 86.4 cm³/mol. The summed E-state index contributed by atoms with van der Waals surface area (Å²) in [7, 11) is 3.89. The predicted octanol–water partition coefficient (Wildman–Crippen LogP) is 2.32. The van der Waals surface area contributed by atoms with E-state index in [1.54, 1.807) is 13.8 Å². The lowest BCUT2D eigenvalue weighted by Gasteiger charge is -2.29. The van der Waals surface area contributed by atoms with Crippen LogP contribution in [0.4, 0.5) is 0 Å². The van der Waals surface area contributed by atoms with Gasteiger partial charge in [0.1, 0.15) is 11.6 Å². The molecule has 2 aliphatic carbocycles. The summed E-state index contributed by atoms with van der Waals surface area (Å²) < 4.78 is 0. The average molecular weight is 296 g/mol. The molecule has 2 N–H and O–H groups in total. The third-order valence-corrected chi connectivity index (χ3v) is 5.07. The Kier molecular flexibility index (Phi) is 8.12. The fourth-order valence-corrected chi connectivity index (χ4v) is 3.76. The zero-order valence-electron chi connectivity index (χ0n) is 14.1. The number of hydrogen-bond donors (Lipinski definition) is 2. The van der Waals surface area contributed by atoms with Crippen molar-refractivity contribution in [1.82, 2.24) is 10.6 Å². The zero-order valence-corrected chi connectivity index (χ0v) is 14.1. The number of Topliss-reactive ketones (excluding diaryl/α,β-unsaturated/α-hetero) is 2. The van der Waals surface area contributed by atoms with Gasteiger partial charge in [-0.25, -0.2) is 0 Å². The van der Waals surface area contributed by atoms with Gasteiger partial charge in [0.15, 0.2) is 0 Å². The summed E-state index contributed by atoms with van der Waals surface area (Å²) in [6.45, 7) is 3.40. The number of nitrogens with one attached hydrogen (secondary N) is 2. The van der Waals surface area contributed by atoms with Crippen LogP contribution in [0.15, 0.2) is 0 Å². The van der Waals surface area contributed by atoms with Crippen molar-refractivity contribution < 1.29 is 9.59 Å². The number of carbonyl (C=O) groups excluding carboxylic acids is 2. The van der Waals surface area contributed by atoms with Gasteiger partial charge < -0.3 is 10.6 Å². The van der Waals surface area contributed by atoms with Crippen LogP contribution >= 0.6 is 0 Å². The Hall–Kier alpha value is -0.740. The van der Waals surface area contributed by atoms with Gasteiger partial charge in [0, 0.05) is 23.9 Å². The van der Waals surface area contributed by atoms with E-state index in [2.05, 4.69) is 10.6 Å². The SMILES string of the molecule is CNC1CCCC1C(C)=O.CNC1CCCCC1C(C)=O. The summed E-state index contributed by atoms with van der Waals surface area (Å²) in [4.78, 5) is 22.1. The molecule has 0 amide bonds. The summed E-state index contributed by atoms with van der Waals surface area (Å²) in [5.74, 6) is 1.28. The van der Waals surface area contributed by atoms with Gasteiger partial charge in [-0.1, -0.05) is 19.3 Å². The molecule has 4 atom stereocenters. The molecule has 4 nitrogen and oxygen atoms in total.